The van der Waals surface area contributed by atoms with Gasteiger partial charge in [-0.05, 0) is 49.1 Å². The normalized spacial score (nSPS) is 13.3. The van der Waals surface area contributed by atoms with E-state index in [4.69, 9.17) is 15.2 Å². The molecule has 1 heterocycles. The summed E-state index contributed by atoms with van der Waals surface area (Å²) in [6.45, 7) is 0.609. The molecule has 0 unspecified atom stereocenters. The van der Waals surface area contributed by atoms with Crippen LogP contribution in [-0.2, 0) is 4.74 Å². The molecule has 0 bridgehead atoms. The van der Waals surface area contributed by atoms with Crippen LogP contribution in [0.25, 0.3) is 22.2 Å². The topological polar surface area (TPSA) is 114 Å². The smallest absolute Gasteiger partial charge is 0.337 e. The van der Waals surface area contributed by atoms with Crippen molar-refractivity contribution in [2.45, 2.75) is 12.8 Å². The average Bonchev–Trinajstić information content (AvgIpc) is 3.42. The quantitative estimate of drug-likeness (QED) is 0.532. The number of nitrogens with two attached hydrogens (primary N) is 1. The molecule has 1 aromatic heterocycles. The lowest BCUT2D eigenvalue weighted by molar-refractivity contribution is 0.0601. The monoisotopic (exact) mass is 362 g/mol. The van der Waals surface area contributed by atoms with Crippen molar-refractivity contribution in [2.75, 3.05) is 19.5 Å². The van der Waals surface area contributed by atoms with Crippen LogP contribution in [-0.4, -0.2) is 29.9 Å². The number of methoxy groups -OCH3 is 1. The molecule has 7 nitrogen and oxygen atoms in total. The van der Waals surface area contributed by atoms with Gasteiger partial charge in [-0.2, -0.15) is 10.4 Å². The number of aromatic amines is 1. The van der Waals surface area contributed by atoms with Crippen molar-refractivity contribution in [3.8, 4) is 23.1 Å². The van der Waals surface area contributed by atoms with E-state index in [1.807, 2.05) is 6.07 Å². The number of nitrogens with zero attached hydrogens (tertiary/aromatic N) is 2. The lowest BCUT2D eigenvalue weighted by atomic mass is 10.0. The third-order valence-electron chi connectivity index (χ3n) is 4.60. The predicted molar refractivity (Wildman–Crippen MR) is 100 cm³/mol. The van der Waals surface area contributed by atoms with Gasteiger partial charge in [0.1, 0.15) is 17.5 Å². The fourth-order valence-electron chi connectivity index (χ4n) is 2.99. The number of H-pyrrole nitrogens is 1. The van der Waals surface area contributed by atoms with Gasteiger partial charge < -0.3 is 15.2 Å². The highest BCUT2D eigenvalue weighted by Gasteiger charge is 2.23. The zero-order valence-corrected chi connectivity index (χ0v) is 14.8. The molecule has 1 saturated carbocycles. The van der Waals surface area contributed by atoms with E-state index in [2.05, 4.69) is 16.3 Å². The Kier molecular flexibility index (Phi) is 4.16. The Bertz CT molecular complexity index is 1080. The van der Waals surface area contributed by atoms with E-state index in [-0.39, 0.29) is 0 Å². The highest BCUT2D eigenvalue weighted by Crippen LogP contribution is 2.35. The van der Waals surface area contributed by atoms with Gasteiger partial charge in [0, 0.05) is 16.6 Å². The van der Waals surface area contributed by atoms with Crippen molar-refractivity contribution in [3.63, 3.8) is 0 Å². The predicted octanol–water partition coefficient (Wildman–Crippen LogP) is 3.26. The molecule has 0 atom stereocenters. The Morgan fingerprint density at radius 1 is 1.33 bits per heavy atom. The molecule has 1 fully saturated rings. The Hall–Kier alpha value is -3.53. The molecule has 4 rings (SSSR count). The number of ether oxygens (including phenoxy) is 2. The number of esters is 1. The van der Waals surface area contributed by atoms with Crippen LogP contribution in [0.5, 0.6) is 5.75 Å². The molecule has 0 amide bonds. The van der Waals surface area contributed by atoms with Gasteiger partial charge in [-0.1, -0.05) is 0 Å². The highest BCUT2D eigenvalue weighted by atomic mass is 16.5. The summed E-state index contributed by atoms with van der Waals surface area (Å²) in [5, 5.41) is 17.5. The SMILES string of the molecule is COC(=O)c1cc(N)cc(-c2n[nH]c3cc(C#N)c(OCC4CC4)cc23)c1. The molecule has 0 spiro atoms. The summed E-state index contributed by atoms with van der Waals surface area (Å²) in [6, 6.07) is 10.7. The van der Waals surface area contributed by atoms with Gasteiger partial charge in [0.25, 0.3) is 0 Å². The zero-order chi connectivity index (χ0) is 19.0. The molecule has 1 aliphatic carbocycles. The van der Waals surface area contributed by atoms with Crippen LogP contribution in [0.1, 0.15) is 28.8 Å². The molecule has 2 aromatic carbocycles. The fourth-order valence-corrected chi connectivity index (χ4v) is 2.99. The van der Waals surface area contributed by atoms with Crippen LogP contribution in [0, 0.1) is 17.2 Å². The molecule has 136 valence electrons. The standard InChI is InChI=1S/C20H18N4O3/c1-26-20(25)13-4-12(5-15(22)6-13)19-16-8-18(27-10-11-2-3-11)14(9-21)7-17(16)23-24-19/h4-8,11H,2-3,10,22H2,1H3,(H,23,24). The van der Waals surface area contributed by atoms with Crippen LogP contribution < -0.4 is 10.5 Å². The number of rotatable bonds is 5. The number of aromatic nitrogens is 2. The maximum atomic E-state index is 11.9. The minimum Gasteiger partial charge on any atom is -0.492 e. The molecular weight excluding hydrogens is 344 g/mol. The lowest BCUT2D eigenvalue weighted by Gasteiger charge is -2.08. The molecule has 0 aliphatic heterocycles. The van der Waals surface area contributed by atoms with Crippen molar-refractivity contribution < 1.29 is 14.3 Å². The maximum absolute atomic E-state index is 11.9. The molecule has 27 heavy (non-hydrogen) atoms. The van der Waals surface area contributed by atoms with E-state index in [1.54, 1.807) is 24.3 Å². The first kappa shape index (κ1) is 16.9. The summed E-state index contributed by atoms with van der Waals surface area (Å²) in [7, 11) is 1.32. The van der Waals surface area contributed by atoms with E-state index in [1.165, 1.54) is 20.0 Å². The van der Waals surface area contributed by atoms with Gasteiger partial charge >= 0.3 is 5.97 Å². The number of benzene rings is 2. The van der Waals surface area contributed by atoms with Gasteiger partial charge in [-0.25, -0.2) is 4.79 Å². The summed E-state index contributed by atoms with van der Waals surface area (Å²) < 4.78 is 10.6. The summed E-state index contributed by atoms with van der Waals surface area (Å²) in [4.78, 5) is 11.9. The Balaban J connectivity index is 1.80. The van der Waals surface area contributed by atoms with E-state index in [0.717, 1.165) is 5.39 Å². The second kappa shape index (κ2) is 6.65. The molecular formula is C20H18N4O3. The van der Waals surface area contributed by atoms with E-state index < -0.39 is 5.97 Å². The first-order chi connectivity index (χ1) is 13.1. The van der Waals surface area contributed by atoms with Gasteiger partial charge in [-0.15, -0.1) is 0 Å². The van der Waals surface area contributed by atoms with Crippen molar-refractivity contribution in [2.24, 2.45) is 5.92 Å². The molecule has 0 radical (unpaired) electrons. The van der Waals surface area contributed by atoms with Gasteiger partial charge in [0.15, 0.2) is 0 Å². The number of nitrogen functional groups attached to an aromatic ring is 1. The van der Waals surface area contributed by atoms with Crippen molar-refractivity contribution >= 4 is 22.6 Å². The fraction of sp³-hybridized carbons (Fsp3) is 0.250. The summed E-state index contributed by atoms with van der Waals surface area (Å²) in [5.74, 6) is 0.646. The molecule has 0 saturated heterocycles. The zero-order valence-electron chi connectivity index (χ0n) is 14.8. The summed E-state index contributed by atoms with van der Waals surface area (Å²) >= 11 is 0. The average molecular weight is 362 g/mol. The Morgan fingerprint density at radius 2 is 2.15 bits per heavy atom. The molecule has 1 aliphatic rings. The third-order valence-corrected chi connectivity index (χ3v) is 4.60. The number of carbonyl (C=O) groups excluding carboxylic acids is 1. The number of fused-ring (bicyclic) bond motifs is 1. The van der Waals surface area contributed by atoms with E-state index >= 15 is 0 Å². The first-order valence-corrected chi connectivity index (χ1v) is 8.63. The lowest BCUT2D eigenvalue weighted by Crippen LogP contribution is -2.02. The largest absolute Gasteiger partial charge is 0.492 e. The third kappa shape index (κ3) is 3.29. The first-order valence-electron chi connectivity index (χ1n) is 8.63. The number of hydrogen-bond donors (Lipinski definition) is 2. The second-order valence-electron chi connectivity index (χ2n) is 6.67. The summed E-state index contributed by atoms with van der Waals surface area (Å²) in [5.41, 5.74) is 9.21. The van der Waals surface area contributed by atoms with Crippen LogP contribution in [0.15, 0.2) is 30.3 Å². The van der Waals surface area contributed by atoms with E-state index in [0.29, 0.717) is 51.9 Å². The van der Waals surface area contributed by atoms with Crippen molar-refractivity contribution in [1.82, 2.24) is 10.2 Å². The van der Waals surface area contributed by atoms with Crippen LogP contribution in [0.4, 0.5) is 5.69 Å². The number of nitriles is 1. The van der Waals surface area contributed by atoms with Crippen molar-refractivity contribution in [3.05, 3.63) is 41.5 Å². The Morgan fingerprint density at radius 3 is 2.85 bits per heavy atom. The van der Waals surface area contributed by atoms with Crippen LogP contribution >= 0.6 is 0 Å². The number of nitrogens with one attached hydrogen (secondary N) is 1. The molecule has 3 aromatic rings. The number of hydrogen-bond acceptors (Lipinski definition) is 6. The van der Waals surface area contributed by atoms with Gasteiger partial charge in [-0.3, -0.25) is 5.10 Å². The molecule has 3 N–H and O–H groups in total. The molecule has 7 heteroatoms. The van der Waals surface area contributed by atoms with Gasteiger partial charge in [0.2, 0.25) is 0 Å². The summed E-state index contributed by atoms with van der Waals surface area (Å²) in [6.07, 6.45) is 2.33. The van der Waals surface area contributed by atoms with Crippen LogP contribution in [0.2, 0.25) is 0 Å². The van der Waals surface area contributed by atoms with Crippen LogP contribution in [0.3, 0.4) is 0 Å². The highest BCUT2D eigenvalue weighted by molar-refractivity contribution is 5.98. The van der Waals surface area contributed by atoms with Gasteiger partial charge in [0.05, 0.1) is 30.4 Å². The number of carbonyl (C=O) groups is 1. The van der Waals surface area contributed by atoms with E-state index in [9.17, 15) is 10.1 Å². The maximum Gasteiger partial charge on any atom is 0.337 e. The minimum absolute atomic E-state index is 0.350. The second-order valence-corrected chi connectivity index (χ2v) is 6.67. The minimum atomic E-state index is -0.469. The Labute approximate surface area is 155 Å². The number of anilines is 1. The van der Waals surface area contributed by atoms with Crippen molar-refractivity contribution in [1.29, 1.82) is 5.26 Å².